The summed E-state index contributed by atoms with van der Waals surface area (Å²) in [5.41, 5.74) is -0.130. The molecule has 1 heterocycles. The van der Waals surface area contributed by atoms with Gasteiger partial charge in [-0.1, -0.05) is 32.1 Å². The van der Waals surface area contributed by atoms with Crippen LogP contribution in [0.15, 0.2) is 23.8 Å². The van der Waals surface area contributed by atoms with E-state index in [-0.39, 0.29) is 24.4 Å². The molecular formula is C15H22O4. The number of fused-ring (bicyclic) bond motifs is 2. The zero-order valence-electron chi connectivity index (χ0n) is 11.5. The zero-order chi connectivity index (χ0) is 14.1. The average molecular weight is 266 g/mol. The topological polar surface area (TPSA) is 69.9 Å². The third-order valence-electron chi connectivity index (χ3n) is 5.69. The van der Waals surface area contributed by atoms with Crippen LogP contribution in [0.2, 0.25) is 0 Å². The standard InChI is InChI=1S/C15H22O4/c1-9-7-19-15(18)6-11-4-5-12(16)10(2)13(11,3)8-14(9,15)17/h4,10,12,16-18H,1,5-8H2,2-3H3/t10-,12-,13+,14+,15-/m0/s1. The van der Waals surface area contributed by atoms with Crippen molar-refractivity contribution in [2.24, 2.45) is 11.3 Å². The number of ether oxygens (including phenoxy) is 1. The largest absolute Gasteiger partial charge is 0.392 e. The minimum atomic E-state index is -1.56. The quantitative estimate of drug-likeness (QED) is 0.575. The fraction of sp³-hybridized carbons (Fsp3) is 0.733. The molecule has 0 radical (unpaired) electrons. The number of hydrogen-bond acceptors (Lipinski definition) is 4. The highest BCUT2D eigenvalue weighted by molar-refractivity contribution is 5.36. The van der Waals surface area contributed by atoms with Gasteiger partial charge in [-0.2, -0.15) is 0 Å². The second-order valence-electron chi connectivity index (χ2n) is 6.63. The minimum absolute atomic E-state index is 0.0366. The third-order valence-corrected chi connectivity index (χ3v) is 5.69. The van der Waals surface area contributed by atoms with Gasteiger partial charge in [0.2, 0.25) is 5.79 Å². The van der Waals surface area contributed by atoms with Gasteiger partial charge >= 0.3 is 0 Å². The molecule has 0 aromatic carbocycles. The van der Waals surface area contributed by atoms with E-state index >= 15 is 0 Å². The van der Waals surface area contributed by atoms with Crippen molar-refractivity contribution in [3.05, 3.63) is 23.8 Å². The normalized spacial score (nSPS) is 53.5. The van der Waals surface area contributed by atoms with Gasteiger partial charge in [0.05, 0.1) is 12.7 Å². The smallest absolute Gasteiger partial charge is 0.203 e. The Balaban J connectivity index is 2.08. The SMILES string of the molecule is C=C1CO[C@@]2(O)CC3=CC[C@H](O)[C@H](C)[C@@]3(C)C[C@@]12O. The molecule has 4 nitrogen and oxygen atoms in total. The first kappa shape index (κ1) is 13.3. The molecule has 1 aliphatic heterocycles. The van der Waals surface area contributed by atoms with E-state index in [1.807, 2.05) is 13.0 Å². The van der Waals surface area contributed by atoms with E-state index in [1.165, 1.54) is 0 Å². The Bertz CT molecular complexity index is 471. The van der Waals surface area contributed by atoms with E-state index in [2.05, 4.69) is 13.5 Å². The van der Waals surface area contributed by atoms with Crippen LogP contribution in [0, 0.1) is 11.3 Å². The van der Waals surface area contributed by atoms with Gasteiger partial charge in [0, 0.05) is 6.42 Å². The Morgan fingerprint density at radius 3 is 2.79 bits per heavy atom. The Morgan fingerprint density at radius 1 is 1.42 bits per heavy atom. The van der Waals surface area contributed by atoms with Crippen LogP contribution in [0.25, 0.3) is 0 Å². The molecule has 1 saturated heterocycles. The summed E-state index contributed by atoms with van der Waals surface area (Å²) in [6.45, 7) is 8.09. The van der Waals surface area contributed by atoms with Crippen molar-refractivity contribution in [3.8, 4) is 0 Å². The lowest BCUT2D eigenvalue weighted by atomic mass is 9.54. The molecule has 4 heteroatoms. The summed E-state index contributed by atoms with van der Waals surface area (Å²) in [4.78, 5) is 0. The van der Waals surface area contributed by atoms with Gasteiger partial charge in [0.15, 0.2) is 0 Å². The molecule has 106 valence electrons. The molecule has 19 heavy (non-hydrogen) atoms. The Hall–Kier alpha value is -0.680. The van der Waals surface area contributed by atoms with Crippen molar-refractivity contribution in [1.29, 1.82) is 0 Å². The van der Waals surface area contributed by atoms with Crippen LogP contribution in [-0.4, -0.2) is 39.4 Å². The Kier molecular flexibility index (Phi) is 2.59. The van der Waals surface area contributed by atoms with Gasteiger partial charge in [-0.3, -0.25) is 0 Å². The van der Waals surface area contributed by atoms with Crippen LogP contribution in [0.5, 0.6) is 0 Å². The van der Waals surface area contributed by atoms with Gasteiger partial charge in [0.1, 0.15) is 5.60 Å². The van der Waals surface area contributed by atoms with Crippen LogP contribution >= 0.6 is 0 Å². The van der Waals surface area contributed by atoms with Gasteiger partial charge in [-0.25, -0.2) is 0 Å². The van der Waals surface area contributed by atoms with Crippen molar-refractivity contribution in [2.45, 2.75) is 50.6 Å². The lowest BCUT2D eigenvalue weighted by molar-refractivity contribution is -0.272. The highest BCUT2D eigenvalue weighted by atomic mass is 16.6. The highest BCUT2D eigenvalue weighted by Gasteiger charge is 2.65. The molecule has 2 fully saturated rings. The molecule has 3 rings (SSSR count). The second-order valence-corrected chi connectivity index (χ2v) is 6.63. The van der Waals surface area contributed by atoms with Gasteiger partial charge < -0.3 is 20.1 Å². The molecule has 5 atom stereocenters. The maximum atomic E-state index is 10.9. The minimum Gasteiger partial charge on any atom is -0.392 e. The zero-order valence-corrected chi connectivity index (χ0v) is 11.5. The first-order valence-electron chi connectivity index (χ1n) is 6.87. The molecule has 0 unspecified atom stereocenters. The lowest BCUT2D eigenvalue weighted by Gasteiger charge is -2.54. The lowest BCUT2D eigenvalue weighted by Crippen LogP contribution is -2.61. The fourth-order valence-corrected chi connectivity index (χ4v) is 3.94. The molecule has 0 bridgehead atoms. The predicted molar refractivity (Wildman–Crippen MR) is 70.2 cm³/mol. The molecule has 0 aromatic rings. The van der Waals surface area contributed by atoms with Gasteiger partial charge in [-0.15, -0.1) is 0 Å². The maximum absolute atomic E-state index is 10.9. The maximum Gasteiger partial charge on any atom is 0.203 e. The van der Waals surface area contributed by atoms with Crippen molar-refractivity contribution >= 4 is 0 Å². The van der Waals surface area contributed by atoms with Crippen LogP contribution in [0.4, 0.5) is 0 Å². The van der Waals surface area contributed by atoms with E-state index in [9.17, 15) is 15.3 Å². The van der Waals surface area contributed by atoms with E-state index in [0.717, 1.165) is 5.57 Å². The first-order chi connectivity index (χ1) is 8.73. The molecule has 3 N–H and O–H groups in total. The van der Waals surface area contributed by atoms with Crippen molar-refractivity contribution in [3.63, 3.8) is 0 Å². The number of rotatable bonds is 0. The van der Waals surface area contributed by atoms with Crippen LogP contribution < -0.4 is 0 Å². The summed E-state index contributed by atoms with van der Waals surface area (Å²) >= 11 is 0. The Labute approximate surface area is 113 Å². The van der Waals surface area contributed by atoms with Crippen molar-refractivity contribution in [1.82, 2.24) is 0 Å². The van der Waals surface area contributed by atoms with E-state index < -0.39 is 17.5 Å². The van der Waals surface area contributed by atoms with Crippen LogP contribution in [-0.2, 0) is 4.74 Å². The summed E-state index contributed by atoms with van der Waals surface area (Å²) in [5, 5.41) is 31.6. The molecule has 0 spiro atoms. The number of hydrogen-bond donors (Lipinski definition) is 3. The highest BCUT2D eigenvalue weighted by Crippen LogP contribution is 2.60. The van der Waals surface area contributed by atoms with E-state index in [1.54, 1.807) is 0 Å². The fourth-order valence-electron chi connectivity index (χ4n) is 3.94. The van der Waals surface area contributed by atoms with E-state index in [4.69, 9.17) is 4.74 Å². The van der Waals surface area contributed by atoms with Crippen LogP contribution in [0.1, 0.15) is 33.1 Å². The summed E-state index contributed by atoms with van der Waals surface area (Å²) in [6, 6.07) is 0. The van der Waals surface area contributed by atoms with Crippen molar-refractivity contribution < 1.29 is 20.1 Å². The summed E-state index contributed by atoms with van der Waals surface area (Å²) in [5.74, 6) is -1.52. The average Bonchev–Trinajstić information content (AvgIpc) is 2.56. The van der Waals surface area contributed by atoms with Gasteiger partial charge in [-0.05, 0) is 29.7 Å². The molecule has 3 aliphatic rings. The first-order valence-corrected chi connectivity index (χ1v) is 6.87. The summed E-state index contributed by atoms with van der Waals surface area (Å²) in [6.07, 6.45) is 2.82. The molecule has 0 amide bonds. The molecule has 1 saturated carbocycles. The second kappa shape index (κ2) is 3.70. The summed E-state index contributed by atoms with van der Waals surface area (Å²) < 4.78 is 5.42. The number of aliphatic hydroxyl groups excluding tert-OH is 1. The number of aliphatic hydroxyl groups is 3. The van der Waals surface area contributed by atoms with E-state index in [0.29, 0.717) is 18.4 Å². The predicted octanol–water partition coefficient (Wildman–Crippen LogP) is 1.12. The molecule has 0 aromatic heterocycles. The molecule has 2 aliphatic carbocycles. The Morgan fingerprint density at radius 2 is 2.11 bits per heavy atom. The summed E-state index contributed by atoms with van der Waals surface area (Å²) in [7, 11) is 0. The monoisotopic (exact) mass is 266 g/mol. The van der Waals surface area contributed by atoms with Gasteiger partial charge in [0.25, 0.3) is 0 Å². The molecular weight excluding hydrogens is 244 g/mol. The van der Waals surface area contributed by atoms with Crippen LogP contribution in [0.3, 0.4) is 0 Å². The third kappa shape index (κ3) is 1.49. The van der Waals surface area contributed by atoms with Crippen molar-refractivity contribution in [2.75, 3.05) is 6.61 Å².